The van der Waals surface area contributed by atoms with Crippen molar-refractivity contribution in [2.24, 2.45) is 0 Å². The van der Waals surface area contributed by atoms with E-state index in [1.807, 2.05) is 30.3 Å². The third-order valence-electron chi connectivity index (χ3n) is 2.91. The van der Waals surface area contributed by atoms with Gasteiger partial charge in [0.25, 0.3) is 0 Å². The Morgan fingerprint density at radius 2 is 2.05 bits per heavy atom. The summed E-state index contributed by atoms with van der Waals surface area (Å²) in [4.78, 5) is 0. The highest BCUT2D eigenvalue weighted by molar-refractivity contribution is 7.88. The van der Waals surface area contributed by atoms with Crippen LogP contribution in [0.1, 0.15) is 17.0 Å². The molecule has 0 fully saturated rings. The Morgan fingerprint density at radius 3 is 2.62 bits per heavy atom. The molecule has 1 aromatic heterocycles. The lowest BCUT2D eigenvalue weighted by Gasteiger charge is -2.16. The Morgan fingerprint density at radius 1 is 1.33 bits per heavy atom. The molecule has 6 nitrogen and oxygen atoms in total. The van der Waals surface area contributed by atoms with Gasteiger partial charge in [0, 0.05) is 12.1 Å². The van der Waals surface area contributed by atoms with E-state index >= 15 is 0 Å². The van der Waals surface area contributed by atoms with Gasteiger partial charge in [0.2, 0.25) is 10.0 Å². The molecule has 2 aromatic rings. The highest BCUT2D eigenvalue weighted by Crippen LogP contribution is 2.08. The first-order valence-corrected chi connectivity index (χ1v) is 8.21. The number of hydrogen-bond acceptors (Lipinski definition) is 5. The molecule has 1 heterocycles. The molecule has 0 aliphatic carbocycles. The summed E-state index contributed by atoms with van der Waals surface area (Å²) < 4.78 is 31.5. The van der Waals surface area contributed by atoms with Crippen LogP contribution in [0.5, 0.6) is 0 Å². The molecular formula is C14H18N2O4S. The van der Waals surface area contributed by atoms with E-state index in [1.54, 1.807) is 13.0 Å². The lowest BCUT2D eigenvalue weighted by molar-refractivity contribution is 0.256. The highest BCUT2D eigenvalue weighted by Gasteiger charge is 2.20. The number of aliphatic hydroxyl groups excluding tert-OH is 1. The molecule has 0 radical (unpaired) electrons. The van der Waals surface area contributed by atoms with Gasteiger partial charge in [-0.3, -0.25) is 0 Å². The normalized spacial score (nSPS) is 13.2. The van der Waals surface area contributed by atoms with Crippen LogP contribution in [0.2, 0.25) is 0 Å². The molecule has 0 bridgehead atoms. The van der Waals surface area contributed by atoms with Crippen molar-refractivity contribution in [2.75, 3.05) is 6.61 Å². The quantitative estimate of drug-likeness (QED) is 0.796. The number of sulfonamides is 1. The number of nitrogens with one attached hydrogen (secondary N) is 1. The Balaban J connectivity index is 2.00. The van der Waals surface area contributed by atoms with Crippen LogP contribution in [0.3, 0.4) is 0 Å². The Kier molecular flexibility index (Phi) is 5.11. The van der Waals surface area contributed by atoms with Gasteiger partial charge in [0.05, 0.1) is 6.61 Å². The first-order chi connectivity index (χ1) is 9.98. The van der Waals surface area contributed by atoms with E-state index < -0.39 is 16.1 Å². The Labute approximate surface area is 123 Å². The second kappa shape index (κ2) is 6.84. The van der Waals surface area contributed by atoms with Gasteiger partial charge in [0.15, 0.2) is 0 Å². The van der Waals surface area contributed by atoms with E-state index in [2.05, 4.69) is 9.88 Å². The summed E-state index contributed by atoms with van der Waals surface area (Å²) in [6.45, 7) is 1.43. The standard InChI is InChI=1S/C14H18N2O4S/c1-11-7-14(15-20-11)10-21(18,19)16-13(9-17)8-12-5-3-2-4-6-12/h2-7,13,16-17H,8-10H2,1H3/t13-/m1/s1. The summed E-state index contributed by atoms with van der Waals surface area (Å²) in [6.07, 6.45) is 0.425. The van der Waals surface area contributed by atoms with Crippen molar-refractivity contribution in [3.8, 4) is 0 Å². The van der Waals surface area contributed by atoms with E-state index in [-0.39, 0.29) is 12.4 Å². The van der Waals surface area contributed by atoms with Gasteiger partial charge in [0.1, 0.15) is 17.2 Å². The molecule has 7 heteroatoms. The maximum atomic E-state index is 12.1. The molecule has 1 atom stereocenters. The summed E-state index contributed by atoms with van der Waals surface area (Å²) >= 11 is 0. The van der Waals surface area contributed by atoms with Gasteiger partial charge < -0.3 is 9.63 Å². The summed E-state index contributed by atoms with van der Waals surface area (Å²) in [5, 5.41) is 13.0. The van der Waals surface area contributed by atoms with Crippen molar-refractivity contribution in [2.45, 2.75) is 25.1 Å². The van der Waals surface area contributed by atoms with Gasteiger partial charge in [-0.15, -0.1) is 0 Å². The van der Waals surface area contributed by atoms with Crippen molar-refractivity contribution < 1.29 is 18.0 Å². The number of aromatic nitrogens is 1. The minimum Gasteiger partial charge on any atom is -0.395 e. The van der Waals surface area contributed by atoms with Gasteiger partial charge in [-0.25, -0.2) is 13.1 Å². The van der Waals surface area contributed by atoms with Crippen molar-refractivity contribution in [1.82, 2.24) is 9.88 Å². The second-order valence-corrected chi connectivity index (χ2v) is 6.63. The van der Waals surface area contributed by atoms with Crippen LogP contribution in [0.25, 0.3) is 0 Å². The molecule has 2 N–H and O–H groups in total. The molecule has 21 heavy (non-hydrogen) atoms. The highest BCUT2D eigenvalue weighted by atomic mass is 32.2. The van der Waals surface area contributed by atoms with E-state index in [0.717, 1.165) is 5.56 Å². The van der Waals surface area contributed by atoms with Crippen LogP contribution in [-0.4, -0.2) is 31.3 Å². The summed E-state index contributed by atoms with van der Waals surface area (Å²) in [5.74, 6) is 0.290. The SMILES string of the molecule is Cc1cc(CS(=O)(=O)N[C@@H](CO)Cc2ccccc2)no1. The number of hydrogen-bond donors (Lipinski definition) is 2. The average molecular weight is 310 g/mol. The van der Waals surface area contributed by atoms with E-state index in [0.29, 0.717) is 17.9 Å². The minimum absolute atomic E-state index is 0.268. The predicted molar refractivity (Wildman–Crippen MR) is 78.0 cm³/mol. The van der Waals surface area contributed by atoms with Crippen molar-refractivity contribution in [3.05, 3.63) is 53.4 Å². The lowest BCUT2D eigenvalue weighted by Crippen LogP contribution is -2.39. The van der Waals surface area contributed by atoms with Gasteiger partial charge in [-0.2, -0.15) is 0 Å². The van der Waals surface area contributed by atoms with Crippen molar-refractivity contribution in [3.63, 3.8) is 0 Å². The third kappa shape index (κ3) is 4.96. The number of aryl methyl sites for hydroxylation is 1. The van der Waals surface area contributed by atoms with Crippen LogP contribution < -0.4 is 4.72 Å². The van der Waals surface area contributed by atoms with Crippen molar-refractivity contribution >= 4 is 10.0 Å². The minimum atomic E-state index is -3.59. The Bertz CT molecular complexity index is 667. The largest absolute Gasteiger partial charge is 0.395 e. The topological polar surface area (TPSA) is 92.4 Å². The number of aliphatic hydroxyl groups is 1. The molecule has 0 spiro atoms. The van der Waals surface area contributed by atoms with E-state index in [1.165, 1.54) is 0 Å². The maximum Gasteiger partial charge on any atom is 0.217 e. The zero-order valence-corrected chi connectivity index (χ0v) is 12.5. The molecule has 0 aliphatic heterocycles. The fourth-order valence-corrected chi connectivity index (χ4v) is 3.29. The van der Waals surface area contributed by atoms with Crippen molar-refractivity contribution in [1.29, 1.82) is 0 Å². The molecule has 0 unspecified atom stereocenters. The molecule has 0 amide bonds. The molecule has 1 aromatic carbocycles. The van der Waals surface area contributed by atoms with Crippen LogP contribution in [0.15, 0.2) is 40.9 Å². The summed E-state index contributed by atoms with van der Waals surface area (Å²) in [7, 11) is -3.59. The average Bonchev–Trinajstić information content (AvgIpc) is 2.83. The monoisotopic (exact) mass is 310 g/mol. The number of benzene rings is 1. The Hall–Kier alpha value is -1.70. The summed E-state index contributed by atoms with van der Waals surface area (Å²) in [6, 6.07) is 10.4. The third-order valence-corrected chi connectivity index (χ3v) is 4.27. The van der Waals surface area contributed by atoms with Crippen LogP contribution in [0.4, 0.5) is 0 Å². The number of nitrogens with zero attached hydrogens (tertiary/aromatic N) is 1. The first-order valence-electron chi connectivity index (χ1n) is 6.55. The zero-order chi connectivity index (χ0) is 15.3. The van der Waals surface area contributed by atoms with Crippen LogP contribution in [0, 0.1) is 6.92 Å². The lowest BCUT2D eigenvalue weighted by atomic mass is 10.1. The van der Waals surface area contributed by atoms with Gasteiger partial charge >= 0.3 is 0 Å². The fraction of sp³-hybridized carbons (Fsp3) is 0.357. The fourth-order valence-electron chi connectivity index (χ4n) is 2.02. The number of rotatable bonds is 7. The van der Waals surface area contributed by atoms with Crippen LogP contribution in [-0.2, 0) is 22.2 Å². The molecule has 0 saturated heterocycles. The van der Waals surface area contributed by atoms with Crippen LogP contribution >= 0.6 is 0 Å². The van der Waals surface area contributed by atoms with E-state index in [4.69, 9.17) is 4.52 Å². The molecular weight excluding hydrogens is 292 g/mol. The molecule has 0 aliphatic rings. The van der Waals surface area contributed by atoms with E-state index in [9.17, 15) is 13.5 Å². The predicted octanol–water partition coefficient (Wildman–Crippen LogP) is 1.01. The smallest absolute Gasteiger partial charge is 0.217 e. The van der Waals surface area contributed by atoms with Gasteiger partial charge in [-0.05, 0) is 18.9 Å². The first kappa shape index (κ1) is 15.7. The molecule has 114 valence electrons. The molecule has 0 saturated carbocycles. The zero-order valence-electron chi connectivity index (χ0n) is 11.7. The second-order valence-electron chi connectivity index (χ2n) is 4.88. The maximum absolute atomic E-state index is 12.1. The summed E-state index contributed by atoms with van der Waals surface area (Å²) in [5.41, 5.74) is 1.30. The molecule has 2 rings (SSSR count). The van der Waals surface area contributed by atoms with Gasteiger partial charge in [-0.1, -0.05) is 35.5 Å².